The summed E-state index contributed by atoms with van der Waals surface area (Å²) >= 11 is 1.91. The van der Waals surface area contributed by atoms with Crippen LogP contribution in [0.3, 0.4) is 0 Å². The number of fused-ring (bicyclic) bond motifs is 1. The van der Waals surface area contributed by atoms with E-state index in [0.29, 0.717) is 11.5 Å². The predicted octanol–water partition coefficient (Wildman–Crippen LogP) is 4.36. The van der Waals surface area contributed by atoms with Crippen molar-refractivity contribution in [3.05, 3.63) is 51.5 Å². The van der Waals surface area contributed by atoms with E-state index in [9.17, 15) is 0 Å². The van der Waals surface area contributed by atoms with Gasteiger partial charge in [0, 0.05) is 17.3 Å². The minimum Gasteiger partial charge on any atom is -0.309 e. The van der Waals surface area contributed by atoms with E-state index < -0.39 is 0 Å². The molecule has 0 radical (unpaired) electrons. The molecule has 1 aromatic heterocycles. The van der Waals surface area contributed by atoms with Crippen LogP contribution in [0.15, 0.2) is 30.3 Å². The molecule has 0 saturated carbocycles. The zero-order valence-electron chi connectivity index (χ0n) is 13.1. The second-order valence-electron chi connectivity index (χ2n) is 6.74. The number of nitrogens with zero attached hydrogens (tertiary/aromatic N) is 1. The lowest BCUT2D eigenvalue weighted by molar-refractivity contribution is 0.260. The molecule has 3 heteroatoms. The molecular formula is C18H24N2S. The second-order valence-corrected chi connectivity index (χ2v) is 7.85. The average molecular weight is 300 g/mol. The number of nitrogens with one attached hydrogen (secondary N) is 1. The molecule has 1 unspecified atom stereocenters. The van der Waals surface area contributed by atoms with Crippen LogP contribution in [0.25, 0.3) is 0 Å². The van der Waals surface area contributed by atoms with Crippen molar-refractivity contribution in [1.82, 2.24) is 10.3 Å². The van der Waals surface area contributed by atoms with Crippen LogP contribution < -0.4 is 5.32 Å². The summed E-state index contributed by atoms with van der Waals surface area (Å²) in [6.07, 6.45) is 3.27. The third-order valence-electron chi connectivity index (χ3n) is 4.14. The van der Waals surface area contributed by atoms with E-state index in [1.54, 1.807) is 0 Å². The highest BCUT2D eigenvalue weighted by atomic mass is 32.1. The normalized spacial score (nSPS) is 20.2. The van der Waals surface area contributed by atoms with Crippen molar-refractivity contribution >= 4 is 11.3 Å². The van der Waals surface area contributed by atoms with Crippen molar-refractivity contribution in [1.29, 1.82) is 0 Å². The fourth-order valence-electron chi connectivity index (χ4n) is 3.24. The van der Waals surface area contributed by atoms with Crippen molar-refractivity contribution in [2.45, 2.75) is 46.1 Å². The smallest absolute Gasteiger partial charge is 0.0975 e. The maximum Gasteiger partial charge on any atom is 0.0975 e. The third-order valence-corrected chi connectivity index (χ3v) is 5.35. The van der Waals surface area contributed by atoms with E-state index in [1.165, 1.54) is 27.6 Å². The molecule has 2 nitrogen and oxygen atoms in total. The van der Waals surface area contributed by atoms with Gasteiger partial charge in [-0.3, -0.25) is 0 Å². The number of thiazole rings is 1. The van der Waals surface area contributed by atoms with Gasteiger partial charge in [-0.25, -0.2) is 4.98 Å². The zero-order valence-corrected chi connectivity index (χ0v) is 14.0. The molecule has 0 bridgehead atoms. The molecule has 3 rings (SSSR count). The third kappa shape index (κ3) is 3.35. The van der Waals surface area contributed by atoms with Crippen molar-refractivity contribution in [2.75, 3.05) is 6.54 Å². The van der Waals surface area contributed by atoms with Gasteiger partial charge in [0.2, 0.25) is 0 Å². The quantitative estimate of drug-likeness (QED) is 0.907. The SMILES string of the molecule is CCNC1CC(C)(C)Cc2nc(Cc3ccccc3)sc21. The highest BCUT2D eigenvalue weighted by Crippen LogP contribution is 2.43. The zero-order chi connectivity index (χ0) is 14.9. The summed E-state index contributed by atoms with van der Waals surface area (Å²) in [5.74, 6) is 0. The van der Waals surface area contributed by atoms with E-state index in [4.69, 9.17) is 4.98 Å². The standard InChI is InChI=1S/C18H24N2S/c1-4-19-14-11-18(2,3)12-15-17(14)21-16(20-15)10-13-8-6-5-7-9-13/h5-9,14,19H,4,10-12H2,1-3H3. The summed E-state index contributed by atoms with van der Waals surface area (Å²) in [4.78, 5) is 6.43. The molecule has 0 amide bonds. The summed E-state index contributed by atoms with van der Waals surface area (Å²) in [6.45, 7) is 7.92. The van der Waals surface area contributed by atoms with Crippen molar-refractivity contribution in [2.24, 2.45) is 5.41 Å². The van der Waals surface area contributed by atoms with E-state index in [1.807, 2.05) is 11.3 Å². The van der Waals surface area contributed by atoms with Gasteiger partial charge in [0.25, 0.3) is 0 Å². The summed E-state index contributed by atoms with van der Waals surface area (Å²) in [5, 5.41) is 4.90. The van der Waals surface area contributed by atoms with Crippen LogP contribution in [0, 0.1) is 5.41 Å². The first-order valence-corrected chi connectivity index (χ1v) is 8.65. The molecule has 0 saturated heterocycles. The monoisotopic (exact) mass is 300 g/mol. The van der Waals surface area contributed by atoms with Crippen molar-refractivity contribution in [3.63, 3.8) is 0 Å². The van der Waals surface area contributed by atoms with E-state index in [2.05, 4.69) is 56.4 Å². The summed E-state index contributed by atoms with van der Waals surface area (Å²) in [6, 6.07) is 11.1. The number of hydrogen-bond acceptors (Lipinski definition) is 3. The van der Waals surface area contributed by atoms with Gasteiger partial charge >= 0.3 is 0 Å². The molecule has 1 atom stereocenters. The summed E-state index contributed by atoms with van der Waals surface area (Å²) in [5.41, 5.74) is 3.02. The number of hydrogen-bond donors (Lipinski definition) is 1. The number of benzene rings is 1. The van der Waals surface area contributed by atoms with Crippen LogP contribution in [0.4, 0.5) is 0 Å². The number of aromatic nitrogens is 1. The Hall–Kier alpha value is -1.19. The van der Waals surface area contributed by atoms with Crippen LogP contribution in [0.1, 0.15) is 54.4 Å². The molecular weight excluding hydrogens is 276 g/mol. The first-order chi connectivity index (χ1) is 10.1. The van der Waals surface area contributed by atoms with Gasteiger partial charge in [0.15, 0.2) is 0 Å². The molecule has 1 N–H and O–H groups in total. The van der Waals surface area contributed by atoms with Crippen LogP contribution in [0.2, 0.25) is 0 Å². The largest absolute Gasteiger partial charge is 0.309 e. The van der Waals surface area contributed by atoms with Gasteiger partial charge < -0.3 is 5.32 Å². The van der Waals surface area contributed by atoms with Crippen LogP contribution in [-0.2, 0) is 12.8 Å². The second kappa shape index (κ2) is 5.90. The van der Waals surface area contributed by atoms with Gasteiger partial charge in [-0.05, 0) is 30.4 Å². The molecule has 1 heterocycles. The minimum atomic E-state index is 0.345. The summed E-state index contributed by atoms with van der Waals surface area (Å²) < 4.78 is 0. The molecule has 2 aromatic rings. The van der Waals surface area contributed by atoms with E-state index in [-0.39, 0.29) is 0 Å². The number of rotatable bonds is 4. The Bertz CT molecular complexity index is 601. The van der Waals surface area contributed by atoms with E-state index >= 15 is 0 Å². The first kappa shape index (κ1) is 14.7. The minimum absolute atomic E-state index is 0.345. The molecule has 0 spiro atoms. The molecule has 0 aliphatic heterocycles. The molecule has 1 aromatic carbocycles. The molecule has 1 aliphatic rings. The highest BCUT2D eigenvalue weighted by molar-refractivity contribution is 7.11. The lowest BCUT2D eigenvalue weighted by atomic mass is 9.76. The van der Waals surface area contributed by atoms with Crippen LogP contribution in [0.5, 0.6) is 0 Å². The molecule has 21 heavy (non-hydrogen) atoms. The van der Waals surface area contributed by atoms with Gasteiger partial charge in [0.1, 0.15) is 0 Å². The summed E-state index contributed by atoms with van der Waals surface area (Å²) in [7, 11) is 0. The van der Waals surface area contributed by atoms with Gasteiger partial charge in [-0.15, -0.1) is 11.3 Å². The average Bonchev–Trinajstić information content (AvgIpc) is 2.81. The topological polar surface area (TPSA) is 24.9 Å². The maximum atomic E-state index is 4.95. The van der Waals surface area contributed by atoms with E-state index in [0.717, 1.165) is 19.4 Å². The highest BCUT2D eigenvalue weighted by Gasteiger charge is 2.34. The van der Waals surface area contributed by atoms with Crippen molar-refractivity contribution < 1.29 is 0 Å². The van der Waals surface area contributed by atoms with Gasteiger partial charge in [0.05, 0.1) is 10.7 Å². The van der Waals surface area contributed by atoms with Gasteiger partial charge in [-0.1, -0.05) is 51.1 Å². The fraction of sp³-hybridized carbons (Fsp3) is 0.500. The lowest BCUT2D eigenvalue weighted by Gasteiger charge is -2.34. The van der Waals surface area contributed by atoms with Crippen LogP contribution >= 0.6 is 11.3 Å². The lowest BCUT2D eigenvalue weighted by Crippen LogP contribution is -2.32. The molecule has 112 valence electrons. The van der Waals surface area contributed by atoms with Crippen LogP contribution in [-0.4, -0.2) is 11.5 Å². The predicted molar refractivity (Wildman–Crippen MR) is 89.9 cm³/mol. The molecule has 0 fully saturated rings. The Balaban J connectivity index is 1.87. The van der Waals surface area contributed by atoms with Gasteiger partial charge in [-0.2, -0.15) is 0 Å². The maximum absolute atomic E-state index is 4.95. The Morgan fingerprint density at radius 1 is 1.29 bits per heavy atom. The Morgan fingerprint density at radius 3 is 2.76 bits per heavy atom. The van der Waals surface area contributed by atoms with Crippen molar-refractivity contribution in [3.8, 4) is 0 Å². The Kier molecular flexibility index (Phi) is 4.14. The fourth-order valence-corrected chi connectivity index (χ4v) is 4.43. The molecule has 1 aliphatic carbocycles. The first-order valence-electron chi connectivity index (χ1n) is 7.83. The Morgan fingerprint density at radius 2 is 2.05 bits per heavy atom. The Labute approximate surface area is 131 Å².